The third kappa shape index (κ3) is 4.42. The number of carbonyl (C=O) groups excluding carboxylic acids is 1. The van der Waals surface area contributed by atoms with Crippen molar-refractivity contribution >= 4 is 16.7 Å². The zero-order chi connectivity index (χ0) is 21.9. The first-order valence-corrected chi connectivity index (χ1v) is 12.0. The van der Waals surface area contributed by atoms with E-state index in [2.05, 4.69) is 40.2 Å². The molecule has 0 spiro atoms. The van der Waals surface area contributed by atoms with Gasteiger partial charge in [0, 0.05) is 36.4 Å². The molecule has 166 valence electrons. The molecule has 2 aliphatic rings. The van der Waals surface area contributed by atoms with Crippen LogP contribution in [0.25, 0.3) is 10.8 Å². The Balaban J connectivity index is 1.25. The molecule has 3 heterocycles. The largest absolute Gasteiger partial charge is 0.462 e. The van der Waals surface area contributed by atoms with Crippen molar-refractivity contribution < 1.29 is 9.53 Å². The molecule has 2 fully saturated rings. The number of hydrogen-bond donors (Lipinski definition) is 0. The molecule has 2 aromatic carbocycles. The molecule has 32 heavy (non-hydrogen) atoms. The van der Waals surface area contributed by atoms with E-state index in [-0.39, 0.29) is 5.97 Å². The number of aromatic nitrogens is 1. The number of rotatable bonds is 7. The number of hydrogen-bond acceptors (Lipinski definition) is 4. The van der Waals surface area contributed by atoms with Crippen LogP contribution in [0, 0.1) is 5.92 Å². The summed E-state index contributed by atoms with van der Waals surface area (Å²) in [4.78, 5) is 19.2. The minimum absolute atomic E-state index is 0.208. The van der Waals surface area contributed by atoms with E-state index in [0.717, 1.165) is 25.3 Å². The molecule has 0 aliphatic carbocycles. The predicted molar refractivity (Wildman–Crippen MR) is 128 cm³/mol. The van der Waals surface area contributed by atoms with Crippen LogP contribution in [0.2, 0.25) is 0 Å². The molecule has 3 aromatic rings. The van der Waals surface area contributed by atoms with Gasteiger partial charge in [0.15, 0.2) is 0 Å². The summed E-state index contributed by atoms with van der Waals surface area (Å²) in [7, 11) is 0. The Morgan fingerprint density at radius 2 is 1.91 bits per heavy atom. The minimum atomic E-state index is -0.208. The third-order valence-corrected chi connectivity index (χ3v) is 7.23. The van der Waals surface area contributed by atoms with E-state index in [9.17, 15) is 4.79 Å². The number of carbonyl (C=O) groups is 1. The van der Waals surface area contributed by atoms with Gasteiger partial charge in [-0.25, -0.2) is 4.79 Å². The summed E-state index contributed by atoms with van der Waals surface area (Å²) in [5.41, 5.74) is 3.34. The number of esters is 1. The maximum atomic E-state index is 12.3. The fourth-order valence-electron chi connectivity index (χ4n) is 5.78. The van der Waals surface area contributed by atoms with Gasteiger partial charge >= 0.3 is 5.97 Å². The summed E-state index contributed by atoms with van der Waals surface area (Å²) >= 11 is 0. The van der Waals surface area contributed by atoms with Crippen LogP contribution < -0.4 is 0 Å². The Labute approximate surface area is 190 Å². The number of piperidine rings is 1. The van der Waals surface area contributed by atoms with Gasteiger partial charge in [0.1, 0.15) is 0 Å². The first kappa shape index (κ1) is 21.1. The van der Waals surface area contributed by atoms with Crippen molar-refractivity contribution in [2.45, 2.75) is 64.1 Å². The number of ether oxygens (including phenoxy) is 1. The average Bonchev–Trinajstić information content (AvgIpc) is 3.05. The van der Waals surface area contributed by atoms with Gasteiger partial charge in [-0.05, 0) is 79.2 Å². The summed E-state index contributed by atoms with van der Waals surface area (Å²) in [5.74, 6) is 0.526. The summed E-state index contributed by atoms with van der Waals surface area (Å²) in [6.45, 7) is 3.42. The van der Waals surface area contributed by atoms with Crippen LogP contribution in [0.3, 0.4) is 0 Å². The minimum Gasteiger partial charge on any atom is -0.462 e. The highest BCUT2D eigenvalue weighted by atomic mass is 16.5. The lowest BCUT2D eigenvalue weighted by molar-refractivity contribution is 0.0504. The molecular weight excluding hydrogens is 396 g/mol. The first-order chi connectivity index (χ1) is 15.7. The Bertz CT molecular complexity index is 1080. The van der Waals surface area contributed by atoms with Crippen LogP contribution in [0.4, 0.5) is 0 Å². The van der Waals surface area contributed by atoms with Gasteiger partial charge in [-0.15, -0.1) is 0 Å². The highest BCUT2D eigenvalue weighted by Gasteiger charge is 2.40. The summed E-state index contributed by atoms with van der Waals surface area (Å²) in [5, 5.41) is 2.59. The van der Waals surface area contributed by atoms with Crippen molar-refractivity contribution in [3.63, 3.8) is 0 Å². The topological polar surface area (TPSA) is 42.4 Å². The fraction of sp³-hybridized carbons (Fsp3) is 0.429. The molecule has 2 aliphatic heterocycles. The SMILES string of the molecule is CCCOC(=O)c1cccc(CN2C3CCC2CC(Cc2cccc4cnccc24)C3)c1. The number of fused-ring (bicyclic) bond motifs is 3. The van der Waals surface area contributed by atoms with Gasteiger partial charge in [-0.2, -0.15) is 0 Å². The molecule has 0 saturated carbocycles. The highest BCUT2D eigenvalue weighted by Crippen LogP contribution is 2.41. The average molecular weight is 429 g/mol. The predicted octanol–water partition coefficient (Wildman–Crippen LogP) is 5.79. The molecule has 2 bridgehead atoms. The quantitative estimate of drug-likeness (QED) is 0.447. The van der Waals surface area contributed by atoms with Crippen molar-refractivity contribution in [2.24, 2.45) is 5.92 Å². The van der Waals surface area contributed by atoms with Gasteiger partial charge in [0.05, 0.1) is 12.2 Å². The van der Waals surface area contributed by atoms with E-state index < -0.39 is 0 Å². The maximum Gasteiger partial charge on any atom is 0.338 e. The molecule has 2 atom stereocenters. The molecule has 2 unspecified atom stereocenters. The Hall–Kier alpha value is -2.72. The molecular formula is C28H32N2O2. The summed E-state index contributed by atoms with van der Waals surface area (Å²) < 4.78 is 5.32. The lowest BCUT2D eigenvalue weighted by Crippen LogP contribution is -2.42. The molecule has 2 saturated heterocycles. The second-order valence-corrected chi connectivity index (χ2v) is 9.45. The molecule has 0 N–H and O–H groups in total. The van der Waals surface area contributed by atoms with E-state index in [0.29, 0.717) is 24.3 Å². The molecule has 5 rings (SSSR count). The van der Waals surface area contributed by atoms with E-state index in [1.165, 1.54) is 47.6 Å². The highest BCUT2D eigenvalue weighted by molar-refractivity contribution is 5.89. The smallest absolute Gasteiger partial charge is 0.338 e. The Morgan fingerprint density at radius 1 is 1.09 bits per heavy atom. The van der Waals surface area contributed by atoms with Crippen LogP contribution in [0.5, 0.6) is 0 Å². The lowest BCUT2D eigenvalue weighted by Gasteiger charge is -2.39. The van der Waals surface area contributed by atoms with Crippen molar-refractivity contribution in [3.8, 4) is 0 Å². The van der Waals surface area contributed by atoms with Gasteiger partial charge in [0.2, 0.25) is 0 Å². The van der Waals surface area contributed by atoms with Crippen molar-refractivity contribution in [2.75, 3.05) is 6.61 Å². The monoisotopic (exact) mass is 428 g/mol. The maximum absolute atomic E-state index is 12.3. The van der Waals surface area contributed by atoms with E-state index in [1.54, 1.807) is 0 Å². The van der Waals surface area contributed by atoms with Gasteiger partial charge in [-0.3, -0.25) is 9.88 Å². The zero-order valence-corrected chi connectivity index (χ0v) is 18.9. The second-order valence-electron chi connectivity index (χ2n) is 9.45. The van der Waals surface area contributed by atoms with E-state index in [4.69, 9.17) is 4.74 Å². The Kier molecular flexibility index (Phi) is 6.22. The molecule has 4 heteroatoms. The summed E-state index contributed by atoms with van der Waals surface area (Å²) in [6, 6.07) is 18.1. The Morgan fingerprint density at radius 3 is 2.72 bits per heavy atom. The van der Waals surface area contributed by atoms with Crippen molar-refractivity contribution in [1.82, 2.24) is 9.88 Å². The zero-order valence-electron chi connectivity index (χ0n) is 18.9. The number of nitrogens with zero attached hydrogens (tertiary/aromatic N) is 2. The van der Waals surface area contributed by atoms with Crippen LogP contribution in [0.15, 0.2) is 60.9 Å². The van der Waals surface area contributed by atoms with Crippen LogP contribution in [-0.4, -0.2) is 34.5 Å². The van der Waals surface area contributed by atoms with Crippen LogP contribution in [0.1, 0.15) is 60.5 Å². The van der Waals surface area contributed by atoms with Crippen molar-refractivity contribution in [3.05, 3.63) is 77.6 Å². The molecule has 0 radical (unpaired) electrons. The fourth-order valence-corrected chi connectivity index (χ4v) is 5.78. The lowest BCUT2D eigenvalue weighted by atomic mass is 9.84. The van der Waals surface area contributed by atoms with Gasteiger partial charge in [0.25, 0.3) is 0 Å². The second kappa shape index (κ2) is 9.41. The summed E-state index contributed by atoms with van der Waals surface area (Å²) in [6.07, 6.45) is 11.0. The van der Waals surface area contributed by atoms with Gasteiger partial charge < -0.3 is 4.74 Å². The molecule has 0 amide bonds. The van der Waals surface area contributed by atoms with E-state index >= 15 is 0 Å². The number of pyridine rings is 1. The number of benzene rings is 2. The van der Waals surface area contributed by atoms with Crippen LogP contribution >= 0.6 is 0 Å². The standard InChI is InChI=1S/C28H32N2O2/c1-2-13-32-28(31)23-7-3-5-20(14-23)19-30-25-9-10-26(30)17-21(16-25)15-22-6-4-8-24-18-29-12-11-27(22)24/h3-8,11-12,14,18,21,25-26H,2,9-10,13,15-17,19H2,1H3. The van der Waals surface area contributed by atoms with Gasteiger partial charge in [-0.1, -0.05) is 37.3 Å². The third-order valence-electron chi connectivity index (χ3n) is 7.23. The molecule has 4 nitrogen and oxygen atoms in total. The van der Waals surface area contributed by atoms with E-state index in [1.807, 2.05) is 37.5 Å². The van der Waals surface area contributed by atoms with Crippen molar-refractivity contribution in [1.29, 1.82) is 0 Å². The normalized spacial score (nSPS) is 22.8. The molecule has 1 aromatic heterocycles. The first-order valence-electron chi connectivity index (χ1n) is 12.0. The van der Waals surface area contributed by atoms with Crippen LogP contribution in [-0.2, 0) is 17.7 Å².